The third-order valence-electron chi connectivity index (χ3n) is 4.40. The van der Waals surface area contributed by atoms with Gasteiger partial charge in [0, 0.05) is 36.3 Å². The Labute approximate surface area is 146 Å². The van der Waals surface area contributed by atoms with Crippen molar-refractivity contribution in [2.45, 2.75) is 19.4 Å². The second-order valence-corrected chi connectivity index (χ2v) is 6.67. The highest BCUT2D eigenvalue weighted by Gasteiger charge is 2.30. The van der Waals surface area contributed by atoms with E-state index in [9.17, 15) is 9.18 Å². The fourth-order valence-electron chi connectivity index (χ4n) is 3.03. The van der Waals surface area contributed by atoms with E-state index in [0.717, 1.165) is 22.8 Å². The number of anilines is 1. The number of carbonyl (C=O) groups excluding carboxylic acids is 1. The summed E-state index contributed by atoms with van der Waals surface area (Å²) in [6.45, 7) is 3.48. The van der Waals surface area contributed by atoms with Crippen molar-refractivity contribution in [2.24, 2.45) is 5.92 Å². The Morgan fingerprint density at radius 1 is 1.29 bits per heavy atom. The number of amides is 1. The molecule has 0 aliphatic carbocycles. The number of hydrogen-bond donors (Lipinski definition) is 1. The summed E-state index contributed by atoms with van der Waals surface area (Å²) in [5.74, 6) is 0.0342. The van der Waals surface area contributed by atoms with E-state index in [1.807, 2.05) is 24.3 Å². The minimum Gasteiger partial charge on any atom is -0.312 e. The largest absolute Gasteiger partial charge is 0.312 e. The molecule has 2 aromatic rings. The smallest absolute Gasteiger partial charge is 0.227 e. The maximum atomic E-state index is 13.0. The molecule has 1 unspecified atom stereocenters. The van der Waals surface area contributed by atoms with Gasteiger partial charge in [0.05, 0.1) is 0 Å². The van der Waals surface area contributed by atoms with Crippen molar-refractivity contribution < 1.29 is 9.18 Å². The third kappa shape index (κ3) is 3.94. The lowest BCUT2D eigenvalue weighted by atomic mass is 10.1. The molecule has 0 radical (unpaired) electrons. The zero-order valence-corrected chi connectivity index (χ0v) is 14.3. The van der Waals surface area contributed by atoms with Crippen LogP contribution in [-0.2, 0) is 4.79 Å². The molecule has 0 spiro atoms. The normalized spacial score (nSPS) is 18.9. The topological polar surface area (TPSA) is 32.3 Å². The monoisotopic (exact) mass is 346 g/mol. The first-order valence-corrected chi connectivity index (χ1v) is 8.45. The molecule has 3 nitrogen and oxygen atoms in total. The number of hydrogen-bond acceptors (Lipinski definition) is 2. The minimum atomic E-state index is -0.293. The van der Waals surface area contributed by atoms with Gasteiger partial charge in [0.2, 0.25) is 5.91 Å². The molecule has 126 valence electrons. The van der Waals surface area contributed by atoms with Crippen LogP contribution in [0.1, 0.15) is 24.9 Å². The van der Waals surface area contributed by atoms with Gasteiger partial charge < -0.3 is 10.2 Å². The Hall–Kier alpha value is -1.91. The third-order valence-corrected chi connectivity index (χ3v) is 4.64. The van der Waals surface area contributed by atoms with Crippen LogP contribution in [-0.4, -0.2) is 19.0 Å². The predicted octanol–water partition coefficient (Wildman–Crippen LogP) is 4.18. The number of nitrogens with zero attached hydrogens (tertiary/aromatic N) is 1. The van der Waals surface area contributed by atoms with Crippen LogP contribution < -0.4 is 10.2 Å². The van der Waals surface area contributed by atoms with E-state index < -0.39 is 0 Å². The Kier molecular flexibility index (Phi) is 5.17. The van der Waals surface area contributed by atoms with Crippen LogP contribution in [0.4, 0.5) is 10.1 Å². The molecule has 5 heteroatoms. The van der Waals surface area contributed by atoms with Crippen LogP contribution in [0.25, 0.3) is 0 Å². The van der Waals surface area contributed by atoms with Gasteiger partial charge in [0.1, 0.15) is 5.82 Å². The number of halogens is 2. The molecule has 1 aliphatic heterocycles. The average Bonchev–Trinajstić information content (AvgIpc) is 2.94. The number of rotatable bonds is 5. The molecule has 1 heterocycles. The van der Waals surface area contributed by atoms with Crippen LogP contribution >= 0.6 is 11.6 Å². The summed E-state index contributed by atoms with van der Waals surface area (Å²) < 4.78 is 13.0. The maximum absolute atomic E-state index is 13.0. The molecule has 1 saturated heterocycles. The molecular formula is C19H20ClFN2O. The first-order valence-electron chi connectivity index (χ1n) is 8.07. The summed E-state index contributed by atoms with van der Waals surface area (Å²) in [6.07, 6.45) is 0.507. The van der Waals surface area contributed by atoms with Gasteiger partial charge in [-0.15, -0.1) is 0 Å². The molecule has 2 atom stereocenters. The lowest BCUT2D eigenvalue weighted by Crippen LogP contribution is -2.29. The van der Waals surface area contributed by atoms with Crippen LogP contribution in [0.2, 0.25) is 5.02 Å². The Bertz CT molecular complexity index is 720. The molecule has 1 aliphatic rings. The lowest BCUT2D eigenvalue weighted by molar-refractivity contribution is -0.117. The highest BCUT2D eigenvalue weighted by molar-refractivity contribution is 6.30. The zero-order chi connectivity index (χ0) is 17.1. The highest BCUT2D eigenvalue weighted by atomic mass is 35.5. The Balaban J connectivity index is 1.57. The van der Waals surface area contributed by atoms with E-state index in [4.69, 9.17) is 11.6 Å². The van der Waals surface area contributed by atoms with Gasteiger partial charge >= 0.3 is 0 Å². The summed E-state index contributed by atoms with van der Waals surface area (Å²) in [7, 11) is 0. The lowest BCUT2D eigenvalue weighted by Gasteiger charge is -2.19. The van der Waals surface area contributed by atoms with Gasteiger partial charge in [-0.25, -0.2) is 4.39 Å². The molecule has 2 aromatic carbocycles. The number of carbonyl (C=O) groups is 1. The van der Waals surface area contributed by atoms with E-state index in [1.165, 1.54) is 12.1 Å². The van der Waals surface area contributed by atoms with Crippen LogP contribution in [0.3, 0.4) is 0 Å². The van der Waals surface area contributed by atoms with Crippen molar-refractivity contribution in [2.75, 3.05) is 18.0 Å². The number of benzene rings is 2. The second kappa shape index (κ2) is 7.32. The number of nitrogens with one attached hydrogen (secondary N) is 1. The Morgan fingerprint density at radius 3 is 2.75 bits per heavy atom. The van der Waals surface area contributed by atoms with Crippen molar-refractivity contribution in [3.63, 3.8) is 0 Å². The molecule has 0 bridgehead atoms. The van der Waals surface area contributed by atoms with Crippen LogP contribution in [0.15, 0.2) is 48.5 Å². The summed E-state index contributed by atoms with van der Waals surface area (Å²) >= 11 is 6.03. The molecule has 0 aromatic heterocycles. The van der Waals surface area contributed by atoms with E-state index in [1.54, 1.807) is 17.0 Å². The van der Waals surface area contributed by atoms with Gasteiger partial charge in [0.25, 0.3) is 0 Å². The minimum absolute atomic E-state index is 0.0869. The fourth-order valence-corrected chi connectivity index (χ4v) is 3.22. The maximum Gasteiger partial charge on any atom is 0.227 e. The van der Waals surface area contributed by atoms with Gasteiger partial charge in [0.15, 0.2) is 0 Å². The molecule has 1 amide bonds. The molecule has 1 N–H and O–H groups in total. The summed E-state index contributed by atoms with van der Waals surface area (Å²) in [5, 5.41) is 4.19. The summed E-state index contributed by atoms with van der Waals surface area (Å²) in [5.41, 5.74) is 1.88. The van der Waals surface area contributed by atoms with Crippen molar-refractivity contribution >= 4 is 23.2 Å². The predicted molar refractivity (Wildman–Crippen MR) is 94.7 cm³/mol. The molecule has 0 saturated carbocycles. The van der Waals surface area contributed by atoms with E-state index in [-0.39, 0.29) is 23.7 Å². The van der Waals surface area contributed by atoms with Gasteiger partial charge in [-0.05, 0) is 54.8 Å². The summed E-state index contributed by atoms with van der Waals surface area (Å²) in [4.78, 5) is 13.9. The molecule has 1 fully saturated rings. The van der Waals surface area contributed by atoms with Crippen molar-refractivity contribution in [3.05, 3.63) is 64.9 Å². The van der Waals surface area contributed by atoms with E-state index in [0.29, 0.717) is 13.0 Å². The van der Waals surface area contributed by atoms with Crippen molar-refractivity contribution in [3.8, 4) is 0 Å². The SMILES string of the molecule is C[C@@H](NCC1CC(=O)N(c2ccc(F)cc2)C1)c1cccc(Cl)c1. The van der Waals surface area contributed by atoms with Crippen LogP contribution in [0, 0.1) is 11.7 Å². The van der Waals surface area contributed by atoms with E-state index >= 15 is 0 Å². The van der Waals surface area contributed by atoms with Crippen molar-refractivity contribution in [1.82, 2.24) is 5.32 Å². The molecule has 3 rings (SSSR count). The molecule has 24 heavy (non-hydrogen) atoms. The first-order chi connectivity index (χ1) is 11.5. The standard InChI is InChI=1S/C19H20ClFN2O/c1-13(15-3-2-4-16(20)10-15)22-11-14-9-19(24)23(12-14)18-7-5-17(21)6-8-18/h2-8,10,13-14,22H,9,11-12H2,1H3/t13-,14?/m1/s1. The first kappa shape index (κ1) is 16.9. The quantitative estimate of drug-likeness (QED) is 0.880. The second-order valence-electron chi connectivity index (χ2n) is 6.24. The van der Waals surface area contributed by atoms with E-state index in [2.05, 4.69) is 12.2 Å². The van der Waals surface area contributed by atoms with Gasteiger partial charge in [-0.3, -0.25) is 4.79 Å². The van der Waals surface area contributed by atoms with Crippen LogP contribution in [0.5, 0.6) is 0 Å². The highest BCUT2D eigenvalue weighted by Crippen LogP contribution is 2.25. The summed E-state index contributed by atoms with van der Waals surface area (Å²) in [6, 6.07) is 14.0. The molecular weight excluding hydrogens is 327 g/mol. The average molecular weight is 347 g/mol. The van der Waals surface area contributed by atoms with Gasteiger partial charge in [-0.1, -0.05) is 23.7 Å². The van der Waals surface area contributed by atoms with Crippen molar-refractivity contribution in [1.29, 1.82) is 0 Å². The Morgan fingerprint density at radius 2 is 2.04 bits per heavy atom. The zero-order valence-electron chi connectivity index (χ0n) is 13.5. The fraction of sp³-hybridized carbons (Fsp3) is 0.316. The van der Waals surface area contributed by atoms with Gasteiger partial charge in [-0.2, -0.15) is 0 Å².